The van der Waals surface area contributed by atoms with Gasteiger partial charge in [0.05, 0.1) is 0 Å². The summed E-state index contributed by atoms with van der Waals surface area (Å²) in [5, 5.41) is 0. The van der Waals surface area contributed by atoms with Gasteiger partial charge < -0.3 is 0 Å². The van der Waals surface area contributed by atoms with E-state index in [9.17, 15) is 0 Å². The van der Waals surface area contributed by atoms with E-state index in [0.717, 1.165) is 0 Å². The van der Waals surface area contributed by atoms with Crippen molar-refractivity contribution in [2.75, 3.05) is 0 Å². The Labute approximate surface area is 53.4 Å². The summed E-state index contributed by atoms with van der Waals surface area (Å²) in [6, 6.07) is 0. The molecule has 0 saturated heterocycles. The van der Waals surface area contributed by atoms with Crippen molar-refractivity contribution < 1.29 is 33.8 Å². The van der Waals surface area contributed by atoms with E-state index in [2.05, 4.69) is 0 Å². The third-order valence-electron chi connectivity index (χ3n) is 0. The predicted molar refractivity (Wildman–Crippen MR) is 17.1 cm³/mol. The van der Waals surface area contributed by atoms with Gasteiger partial charge in [0.15, 0.2) is 0 Å². The van der Waals surface area contributed by atoms with Gasteiger partial charge in [-0.05, 0) is 11.0 Å². The molecule has 0 atom stereocenters. The van der Waals surface area contributed by atoms with Crippen LogP contribution in [0, 0.1) is 0 Å². The molecule has 4 heteroatoms. The van der Waals surface area contributed by atoms with E-state index in [1.165, 1.54) is 0 Å². The molecule has 0 rings (SSSR count). The minimum Gasteiger partial charge on any atom is -0.0149 e. The van der Waals surface area contributed by atoms with Gasteiger partial charge in [-0.2, -0.15) is 0 Å². The first-order valence-corrected chi connectivity index (χ1v) is 0. The first-order chi connectivity index (χ1) is 0. The standard InChI is InChI=1S/B.Co.Fe.H4Si/h;;;1H4. The molecule has 0 aliphatic heterocycles. The summed E-state index contributed by atoms with van der Waals surface area (Å²) in [5.74, 6) is 0. The van der Waals surface area contributed by atoms with Gasteiger partial charge in [0.2, 0.25) is 0 Å². The average Bonchev–Trinajstić information content (AvgIpc) is 0. The van der Waals surface area contributed by atoms with Crippen LogP contribution in [0.5, 0.6) is 0 Å². The van der Waals surface area contributed by atoms with Crippen molar-refractivity contribution in [2.24, 2.45) is 0 Å². The van der Waals surface area contributed by atoms with E-state index in [4.69, 9.17) is 0 Å². The van der Waals surface area contributed by atoms with Gasteiger partial charge in [-0.15, -0.1) is 0 Å². The molecule has 4 radical (unpaired) electrons. The molecule has 0 nitrogen and oxygen atoms in total. The third kappa shape index (κ3) is 10.3. The topological polar surface area (TPSA) is 0 Å². The van der Waals surface area contributed by atoms with Crippen LogP contribution >= 0.6 is 0 Å². The van der Waals surface area contributed by atoms with Crippen molar-refractivity contribution in [3.8, 4) is 0 Å². The molecule has 28 valence electrons. The Morgan fingerprint density at radius 3 is 1.00 bits per heavy atom. The Balaban J connectivity index is 0. The maximum Gasteiger partial charge on any atom is 0 e. The van der Waals surface area contributed by atoms with Crippen LogP contribution in [0.15, 0.2) is 0 Å². The van der Waals surface area contributed by atoms with Gasteiger partial charge in [-0.25, -0.2) is 0 Å². The zero-order chi connectivity index (χ0) is 0. The van der Waals surface area contributed by atoms with E-state index in [1.54, 1.807) is 0 Å². The fourth-order valence-electron chi connectivity index (χ4n) is 0. The Bertz CT molecular complexity index is 8.00. The fraction of sp³-hybridized carbons (Fsp3) is 0. The number of rotatable bonds is 0. The number of hydrogen-bond donors (Lipinski definition) is 0. The zero-order valence-electron chi connectivity index (χ0n) is 1.26. The van der Waals surface area contributed by atoms with Gasteiger partial charge >= 0.3 is 0 Å². The molecule has 0 heterocycles. The van der Waals surface area contributed by atoms with E-state index in [0.29, 0.717) is 0 Å². The van der Waals surface area contributed by atoms with Crippen LogP contribution in [0.1, 0.15) is 0 Å². The van der Waals surface area contributed by atoms with Crippen molar-refractivity contribution in [1.82, 2.24) is 0 Å². The Morgan fingerprint density at radius 2 is 1.00 bits per heavy atom. The molecule has 0 aromatic carbocycles. The molecule has 0 saturated carbocycles. The largest absolute Gasteiger partial charge is 0.0149 e. The number of hydrogen-bond acceptors (Lipinski definition) is 0. The smallest absolute Gasteiger partial charge is 0 e. The molecule has 0 bridgehead atoms. The van der Waals surface area contributed by atoms with E-state index >= 15 is 0 Å². The first-order valence-electron chi connectivity index (χ1n) is 0. The maximum atomic E-state index is 0. The second-order valence-electron chi connectivity index (χ2n) is 0. The van der Waals surface area contributed by atoms with Gasteiger partial charge in [-0.3, -0.25) is 0 Å². The molecule has 0 aliphatic carbocycles. The van der Waals surface area contributed by atoms with E-state index < -0.39 is 0 Å². The van der Waals surface area contributed by atoms with Crippen molar-refractivity contribution in [3.63, 3.8) is 0 Å². The van der Waals surface area contributed by atoms with Crippen LogP contribution in [0.2, 0.25) is 0 Å². The maximum absolute atomic E-state index is 0. The molecule has 0 aromatic rings. The van der Waals surface area contributed by atoms with Crippen LogP contribution < -0.4 is 0 Å². The summed E-state index contributed by atoms with van der Waals surface area (Å²) in [7, 11) is 0. The monoisotopic (exact) mass is 158 g/mol. The fourth-order valence-corrected chi connectivity index (χ4v) is 0. The van der Waals surface area contributed by atoms with Crippen molar-refractivity contribution in [1.29, 1.82) is 0 Å². The third-order valence-corrected chi connectivity index (χ3v) is 0. The summed E-state index contributed by atoms with van der Waals surface area (Å²) in [6.45, 7) is 0. The van der Waals surface area contributed by atoms with Crippen LogP contribution in [0.25, 0.3) is 0 Å². The second-order valence-corrected chi connectivity index (χ2v) is 0. The Hall–Kier alpha value is 1.31. The van der Waals surface area contributed by atoms with Gasteiger partial charge in [0, 0.05) is 42.3 Å². The minimum atomic E-state index is 0. The molecule has 0 spiro atoms. The van der Waals surface area contributed by atoms with Gasteiger partial charge in [0.25, 0.3) is 0 Å². The van der Waals surface area contributed by atoms with Crippen LogP contribution in [0.3, 0.4) is 0 Å². The average molecular weight is 158 g/mol. The molecule has 0 fully saturated rings. The van der Waals surface area contributed by atoms with Gasteiger partial charge in [0.1, 0.15) is 0 Å². The predicted octanol–water partition coefficient (Wildman–Crippen LogP) is -1.84. The quantitative estimate of drug-likeness (QED) is 0.363. The van der Waals surface area contributed by atoms with Crippen molar-refractivity contribution in [2.45, 2.75) is 0 Å². The molecule has 0 N–H and O–H groups in total. The first kappa shape index (κ1) is 57.6. The summed E-state index contributed by atoms with van der Waals surface area (Å²) in [6.07, 6.45) is 0. The van der Waals surface area contributed by atoms with Crippen LogP contribution in [-0.2, 0) is 33.8 Å². The normalized spacial score (nSPS) is 0. The SMILES string of the molecule is [B].[Co].[Fe].[SiH4]. The minimum absolute atomic E-state index is 0. The van der Waals surface area contributed by atoms with Crippen LogP contribution in [-0.4, -0.2) is 19.4 Å². The molecule has 0 aromatic heterocycles. The Morgan fingerprint density at radius 1 is 1.00 bits per heavy atom. The molecule has 0 unspecified atom stereocenters. The van der Waals surface area contributed by atoms with Crippen molar-refractivity contribution >= 4 is 19.4 Å². The summed E-state index contributed by atoms with van der Waals surface area (Å²) < 4.78 is 0. The molecule has 0 amide bonds. The molecular formula is H4BCoFeSi. The summed E-state index contributed by atoms with van der Waals surface area (Å²) in [4.78, 5) is 0. The molecule has 4 heavy (non-hydrogen) atoms. The van der Waals surface area contributed by atoms with Crippen LogP contribution in [0.4, 0.5) is 0 Å². The van der Waals surface area contributed by atoms with Gasteiger partial charge in [-0.1, -0.05) is 0 Å². The van der Waals surface area contributed by atoms with E-state index in [-0.39, 0.29) is 53.2 Å². The molecular weight excluding hydrogens is 154 g/mol. The van der Waals surface area contributed by atoms with Crippen molar-refractivity contribution in [3.05, 3.63) is 0 Å². The second kappa shape index (κ2) is 27.6. The summed E-state index contributed by atoms with van der Waals surface area (Å²) in [5.41, 5.74) is 0. The zero-order valence-corrected chi connectivity index (χ0v) is 3.41. The molecule has 0 aliphatic rings. The summed E-state index contributed by atoms with van der Waals surface area (Å²) >= 11 is 0. The van der Waals surface area contributed by atoms with E-state index in [1.807, 2.05) is 0 Å². The Kier molecular flexibility index (Phi) is 397.